The van der Waals surface area contributed by atoms with Crippen molar-refractivity contribution >= 4 is 0 Å². The van der Waals surface area contributed by atoms with Crippen LogP contribution in [0.4, 0.5) is 13.2 Å². The van der Waals surface area contributed by atoms with Gasteiger partial charge in [-0.25, -0.2) is 0 Å². The first-order valence-electron chi connectivity index (χ1n) is 5.94. The quantitative estimate of drug-likeness (QED) is 0.838. The summed E-state index contributed by atoms with van der Waals surface area (Å²) in [5.41, 5.74) is 0.361. The van der Waals surface area contributed by atoms with E-state index < -0.39 is 18.1 Å². The van der Waals surface area contributed by atoms with Crippen LogP contribution in [0.3, 0.4) is 0 Å². The van der Waals surface area contributed by atoms with Crippen LogP contribution in [-0.4, -0.2) is 18.8 Å². The van der Waals surface area contributed by atoms with Crippen LogP contribution in [0, 0.1) is 0 Å². The lowest BCUT2D eigenvalue weighted by atomic mass is 9.86. The standard InChI is InChI=1S/C13H16F3N/c14-13(15,16)12(10-6-2-1-3-7-10)11-8-4-5-9-17-11/h1-3,6-7,11-12,17H,4-5,8-9H2/t11-,12+/m0/s1. The molecular weight excluding hydrogens is 227 g/mol. The third kappa shape index (κ3) is 3.00. The molecule has 2 atom stereocenters. The average Bonchev–Trinajstić information content (AvgIpc) is 2.30. The van der Waals surface area contributed by atoms with Crippen molar-refractivity contribution in [2.45, 2.75) is 37.4 Å². The van der Waals surface area contributed by atoms with Gasteiger partial charge in [0.05, 0.1) is 5.92 Å². The highest BCUT2D eigenvalue weighted by Gasteiger charge is 2.45. The van der Waals surface area contributed by atoms with Gasteiger partial charge >= 0.3 is 6.18 Å². The molecule has 1 aliphatic heterocycles. The first kappa shape index (κ1) is 12.4. The fourth-order valence-corrected chi connectivity index (χ4v) is 2.47. The molecular formula is C13H16F3N. The topological polar surface area (TPSA) is 12.0 Å². The Morgan fingerprint density at radius 2 is 1.82 bits per heavy atom. The SMILES string of the molecule is FC(F)(F)[C@H](c1ccccc1)[C@@H]1CCCCN1. The fraction of sp³-hybridized carbons (Fsp3) is 0.538. The van der Waals surface area contributed by atoms with Crippen molar-refractivity contribution < 1.29 is 13.2 Å². The lowest BCUT2D eigenvalue weighted by Gasteiger charge is -2.33. The molecule has 0 saturated carbocycles. The summed E-state index contributed by atoms with van der Waals surface area (Å²) in [5, 5.41) is 3.00. The Morgan fingerprint density at radius 1 is 1.12 bits per heavy atom. The lowest BCUT2D eigenvalue weighted by molar-refractivity contribution is -0.158. The van der Waals surface area contributed by atoms with Gasteiger partial charge in [0.2, 0.25) is 0 Å². The molecule has 94 valence electrons. The van der Waals surface area contributed by atoms with Crippen molar-refractivity contribution in [2.75, 3.05) is 6.54 Å². The highest BCUT2D eigenvalue weighted by Crippen LogP contribution is 2.39. The number of halogens is 3. The van der Waals surface area contributed by atoms with Gasteiger partial charge < -0.3 is 5.32 Å². The second-order valence-corrected chi connectivity index (χ2v) is 4.49. The summed E-state index contributed by atoms with van der Waals surface area (Å²) >= 11 is 0. The number of nitrogens with one attached hydrogen (secondary N) is 1. The molecule has 0 bridgehead atoms. The second-order valence-electron chi connectivity index (χ2n) is 4.49. The molecule has 1 aliphatic rings. The summed E-state index contributed by atoms with van der Waals surface area (Å²) in [5.74, 6) is -1.39. The Labute approximate surface area is 99.0 Å². The maximum atomic E-state index is 13.2. The molecule has 0 amide bonds. The average molecular weight is 243 g/mol. The van der Waals surface area contributed by atoms with Gasteiger partial charge in [0.15, 0.2) is 0 Å². The van der Waals surface area contributed by atoms with E-state index in [1.807, 2.05) is 0 Å². The Kier molecular flexibility index (Phi) is 3.72. The molecule has 0 aliphatic carbocycles. The molecule has 0 unspecified atom stereocenters. The molecule has 1 saturated heterocycles. The molecule has 0 aromatic heterocycles. The van der Waals surface area contributed by atoms with Crippen LogP contribution in [0.1, 0.15) is 30.7 Å². The van der Waals surface area contributed by atoms with Crippen molar-refractivity contribution in [1.29, 1.82) is 0 Å². The van der Waals surface area contributed by atoms with Crippen molar-refractivity contribution in [3.63, 3.8) is 0 Å². The van der Waals surface area contributed by atoms with Crippen LogP contribution in [0.15, 0.2) is 30.3 Å². The van der Waals surface area contributed by atoms with Crippen LogP contribution >= 0.6 is 0 Å². The van der Waals surface area contributed by atoms with Gasteiger partial charge in [0, 0.05) is 6.04 Å². The van der Waals surface area contributed by atoms with Crippen molar-refractivity contribution in [3.05, 3.63) is 35.9 Å². The number of hydrogen-bond donors (Lipinski definition) is 1. The molecule has 2 rings (SSSR count). The summed E-state index contributed by atoms with van der Waals surface area (Å²) in [6.07, 6.45) is -1.75. The van der Waals surface area contributed by atoms with Gasteiger partial charge in [-0.1, -0.05) is 36.8 Å². The second kappa shape index (κ2) is 5.08. The zero-order valence-electron chi connectivity index (χ0n) is 9.50. The van der Waals surface area contributed by atoms with E-state index in [9.17, 15) is 13.2 Å². The van der Waals surface area contributed by atoms with Crippen LogP contribution in [0.5, 0.6) is 0 Å². The predicted molar refractivity (Wildman–Crippen MR) is 60.9 cm³/mol. The van der Waals surface area contributed by atoms with Crippen LogP contribution in [-0.2, 0) is 0 Å². The van der Waals surface area contributed by atoms with Crippen LogP contribution in [0.25, 0.3) is 0 Å². The van der Waals surface area contributed by atoms with E-state index in [1.165, 1.54) is 0 Å². The van der Waals surface area contributed by atoms with E-state index in [1.54, 1.807) is 30.3 Å². The summed E-state index contributed by atoms with van der Waals surface area (Å²) in [7, 11) is 0. The molecule has 0 spiro atoms. The van der Waals surface area contributed by atoms with Crippen molar-refractivity contribution in [3.8, 4) is 0 Å². The number of piperidine rings is 1. The van der Waals surface area contributed by atoms with E-state index in [0.717, 1.165) is 12.8 Å². The maximum Gasteiger partial charge on any atom is 0.397 e. The van der Waals surface area contributed by atoms with Gasteiger partial charge in [-0.2, -0.15) is 13.2 Å². The molecule has 4 heteroatoms. The van der Waals surface area contributed by atoms with Gasteiger partial charge in [0.1, 0.15) is 0 Å². The number of rotatable bonds is 2. The van der Waals surface area contributed by atoms with E-state index in [0.29, 0.717) is 18.5 Å². The van der Waals surface area contributed by atoms with E-state index in [-0.39, 0.29) is 0 Å². The minimum absolute atomic E-state index is 0.361. The first-order valence-corrected chi connectivity index (χ1v) is 5.94. The Balaban J connectivity index is 2.25. The molecule has 1 N–H and O–H groups in total. The van der Waals surface area contributed by atoms with Crippen LogP contribution in [0.2, 0.25) is 0 Å². The monoisotopic (exact) mass is 243 g/mol. The zero-order chi connectivity index (χ0) is 12.3. The summed E-state index contributed by atoms with van der Waals surface area (Å²) in [4.78, 5) is 0. The third-order valence-electron chi connectivity index (χ3n) is 3.26. The van der Waals surface area contributed by atoms with Crippen LogP contribution < -0.4 is 5.32 Å². The number of hydrogen-bond acceptors (Lipinski definition) is 1. The van der Waals surface area contributed by atoms with Crippen molar-refractivity contribution in [2.24, 2.45) is 0 Å². The zero-order valence-corrected chi connectivity index (χ0v) is 9.50. The molecule has 0 radical (unpaired) electrons. The highest BCUT2D eigenvalue weighted by molar-refractivity contribution is 5.23. The molecule has 17 heavy (non-hydrogen) atoms. The first-order chi connectivity index (χ1) is 8.09. The fourth-order valence-electron chi connectivity index (χ4n) is 2.47. The van der Waals surface area contributed by atoms with E-state index in [4.69, 9.17) is 0 Å². The molecule has 1 heterocycles. The van der Waals surface area contributed by atoms with E-state index >= 15 is 0 Å². The summed E-state index contributed by atoms with van der Waals surface area (Å²) < 4.78 is 39.5. The normalized spacial score (nSPS) is 23.4. The molecule has 1 aromatic carbocycles. The maximum absolute atomic E-state index is 13.2. The summed E-state index contributed by atoms with van der Waals surface area (Å²) in [6, 6.07) is 7.72. The third-order valence-corrected chi connectivity index (χ3v) is 3.26. The number of alkyl halides is 3. The Bertz CT molecular complexity index is 341. The largest absolute Gasteiger partial charge is 0.397 e. The Morgan fingerprint density at radius 3 is 2.35 bits per heavy atom. The van der Waals surface area contributed by atoms with Gasteiger partial charge in [0.25, 0.3) is 0 Å². The van der Waals surface area contributed by atoms with Gasteiger partial charge in [-0.15, -0.1) is 0 Å². The smallest absolute Gasteiger partial charge is 0.313 e. The van der Waals surface area contributed by atoms with Crippen molar-refractivity contribution in [1.82, 2.24) is 5.32 Å². The Hall–Kier alpha value is -1.03. The van der Waals surface area contributed by atoms with Gasteiger partial charge in [-0.05, 0) is 24.9 Å². The summed E-state index contributed by atoms with van der Waals surface area (Å²) in [6.45, 7) is 0.685. The molecule has 1 fully saturated rings. The number of benzene rings is 1. The highest BCUT2D eigenvalue weighted by atomic mass is 19.4. The molecule has 1 aromatic rings. The van der Waals surface area contributed by atoms with E-state index in [2.05, 4.69) is 5.32 Å². The minimum Gasteiger partial charge on any atom is -0.313 e. The predicted octanol–water partition coefficient (Wildman–Crippen LogP) is 3.47. The lowest BCUT2D eigenvalue weighted by Crippen LogP contribution is -2.44. The van der Waals surface area contributed by atoms with Gasteiger partial charge in [-0.3, -0.25) is 0 Å². The minimum atomic E-state index is -4.18. The molecule has 1 nitrogen and oxygen atoms in total.